The minimum absolute atomic E-state index is 0.940. The van der Waals surface area contributed by atoms with Crippen LogP contribution >= 0.6 is 0 Å². The molecule has 0 aromatic heterocycles. The van der Waals surface area contributed by atoms with Crippen molar-refractivity contribution in [2.75, 3.05) is 13.7 Å². The lowest BCUT2D eigenvalue weighted by atomic mass is 10.1. The predicted octanol–water partition coefficient (Wildman–Crippen LogP) is 4.16. The van der Waals surface area contributed by atoms with Crippen molar-refractivity contribution >= 4 is 0 Å². The summed E-state index contributed by atoms with van der Waals surface area (Å²) in [6.07, 6.45) is 12.5. The van der Waals surface area contributed by atoms with Crippen LogP contribution in [-0.4, -0.2) is 13.7 Å². The standard InChI is InChI=1S/C12H26O/c1-3-4-5-6-7-8-9-10-11-12-13-2/h3-12H2,1-2H3. The molecule has 0 fully saturated rings. The zero-order valence-electron chi connectivity index (χ0n) is 9.48. The van der Waals surface area contributed by atoms with Gasteiger partial charge in [-0.1, -0.05) is 58.3 Å². The Bertz CT molecular complexity index is 71.2. The molecule has 0 rings (SSSR count). The van der Waals surface area contributed by atoms with Crippen molar-refractivity contribution in [2.24, 2.45) is 0 Å². The topological polar surface area (TPSA) is 9.23 Å². The van der Waals surface area contributed by atoms with Crippen molar-refractivity contribution in [3.8, 4) is 0 Å². The molecule has 0 heterocycles. The Kier molecular flexibility index (Phi) is 11.9. The lowest BCUT2D eigenvalue weighted by Gasteiger charge is -2.01. The molecule has 0 unspecified atom stereocenters. The van der Waals surface area contributed by atoms with Crippen LogP contribution in [0.3, 0.4) is 0 Å². The molecule has 0 spiro atoms. The van der Waals surface area contributed by atoms with E-state index in [-0.39, 0.29) is 0 Å². The van der Waals surface area contributed by atoms with Crippen molar-refractivity contribution in [1.82, 2.24) is 0 Å². The first-order chi connectivity index (χ1) is 6.41. The highest BCUT2D eigenvalue weighted by atomic mass is 16.5. The maximum Gasteiger partial charge on any atom is 0.0462 e. The number of ether oxygens (including phenoxy) is 1. The van der Waals surface area contributed by atoms with E-state index in [4.69, 9.17) is 4.74 Å². The summed E-state index contributed by atoms with van der Waals surface area (Å²) in [4.78, 5) is 0. The van der Waals surface area contributed by atoms with Gasteiger partial charge in [-0.2, -0.15) is 0 Å². The van der Waals surface area contributed by atoms with Gasteiger partial charge >= 0.3 is 0 Å². The molecule has 0 N–H and O–H groups in total. The third-order valence-electron chi connectivity index (χ3n) is 2.45. The fourth-order valence-electron chi connectivity index (χ4n) is 1.56. The van der Waals surface area contributed by atoms with E-state index in [1.165, 1.54) is 57.8 Å². The maximum atomic E-state index is 5.00. The van der Waals surface area contributed by atoms with Gasteiger partial charge < -0.3 is 4.74 Å². The van der Waals surface area contributed by atoms with Crippen molar-refractivity contribution in [3.05, 3.63) is 0 Å². The Balaban J connectivity index is 2.76. The molecule has 80 valence electrons. The third kappa shape index (κ3) is 12.0. The van der Waals surface area contributed by atoms with Gasteiger partial charge in [-0.3, -0.25) is 0 Å². The Morgan fingerprint density at radius 2 is 1.15 bits per heavy atom. The summed E-state index contributed by atoms with van der Waals surface area (Å²) in [6.45, 7) is 3.21. The Morgan fingerprint density at radius 3 is 1.62 bits per heavy atom. The van der Waals surface area contributed by atoms with E-state index in [0.29, 0.717) is 0 Å². The third-order valence-corrected chi connectivity index (χ3v) is 2.45. The van der Waals surface area contributed by atoms with E-state index in [1.807, 2.05) is 0 Å². The van der Waals surface area contributed by atoms with Crippen LogP contribution in [-0.2, 0) is 4.74 Å². The number of rotatable bonds is 10. The molecule has 1 heteroatoms. The second kappa shape index (κ2) is 12.0. The second-order valence-electron chi connectivity index (χ2n) is 3.82. The van der Waals surface area contributed by atoms with Gasteiger partial charge in [0.05, 0.1) is 0 Å². The lowest BCUT2D eigenvalue weighted by molar-refractivity contribution is 0.192. The minimum Gasteiger partial charge on any atom is -0.385 e. The first-order valence-electron chi connectivity index (χ1n) is 5.90. The van der Waals surface area contributed by atoms with Crippen molar-refractivity contribution in [3.63, 3.8) is 0 Å². The van der Waals surface area contributed by atoms with Gasteiger partial charge in [-0.25, -0.2) is 0 Å². The first-order valence-corrected chi connectivity index (χ1v) is 5.90. The molecule has 0 atom stereocenters. The van der Waals surface area contributed by atoms with E-state index in [2.05, 4.69) is 6.92 Å². The predicted molar refractivity (Wildman–Crippen MR) is 59.1 cm³/mol. The summed E-state index contributed by atoms with van der Waals surface area (Å²) in [6, 6.07) is 0. The smallest absolute Gasteiger partial charge is 0.0462 e. The average Bonchev–Trinajstić information content (AvgIpc) is 2.16. The van der Waals surface area contributed by atoms with E-state index < -0.39 is 0 Å². The van der Waals surface area contributed by atoms with Gasteiger partial charge in [-0.05, 0) is 6.42 Å². The number of methoxy groups -OCH3 is 1. The van der Waals surface area contributed by atoms with Crippen LogP contribution in [0.4, 0.5) is 0 Å². The molecule has 0 saturated carbocycles. The van der Waals surface area contributed by atoms with Gasteiger partial charge in [-0.15, -0.1) is 0 Å². The zero-order chi connectivity index (χ0) is 9.78. The summed E-state index contributed by atoms with van der Waals surface area (Å²) >= 11 is 0. The monoisotopic (exact) mass is 186 g/mol. The summed E-state index contributed by atoms with van der Waals surface area (Å²) in [5.41, 5.74) is 0. The molecule has 0 bridgehead atoms. The van der Waals surface area contributed by atoms with Crippen molar-refractivity contribution in [2.45, 2.75) is 64.7 Å². The van der Waals surface area contributed by atoms with Crippen molar-refractivity contribution < 1.29 is 4.74 Å². The molecule has 0 aliphatic rings. The van der Waals surface area contributed by atoms with Gasteiger partial charge in [0.1, 0.15) is 0 Å². The fraction of sp³-hybridized carbons (Fsp3) is 1.00. The Hall–Kier alpha value is -0.0400. The molecular weight excluding hydrogens is 160 g/mol. The molecule has 0 aromatic carbocycles. The summed E-state index contributed by atoms with van der Waals surface area (Å²) in [7, 11) is 1.78. The van der Waals surface area contributed by atoms with Gasteiger partial charge in [0.25, 0.3) is 0 Å². The highest BCUT2D eigenvalue weighted by Crippen LogP contribution is 2.09. The van der Waals surface area contributed by atoms with Crippen molar-refractivity contribution in [1.29, 1.82) is 0 Å². The van der Waals surface area contributed by atoms with Crippen LogP contribution in [0.2, 0.25) is 0 Å². The van der Waals surface area contributed by atoms with Crippen LogP contribution < -0.4 is 0 Å². The minimum atomic E-state index is 0.940. The number of unbranched alkanes of at least 4 members (excludes halogenated alkanes) is 8. The van der Waals surface area contributed by atoms with Crippen LogP contribution in [0.5, 0.6) is 0 Å². The average molecular weight is 186 g/mol. The summed E-state index contributed by atoms with van der Waals surface area (Å²) in [5.74, 6) is 0. The van der Waals surface area contributed by atoms with Crippen LogP contribution in [0.1, 0.15) is 64.7 Å². The second-order valence-corrected chi connectivity index (χ2v) is 3.82. The zero-order valence-corrected chi connectivity index (χ0v) is 9.48. The van der Waals surface area contributed by atoms with E-state index in [1.54, 1.807) is 7.11 Å². The lowest BCUT2D eigenvalue weighted by Crippen LogP contribution is -1.88. The fourth-order valence-corrected chi connectivity index (χ4v) is 1.56. The van der Waals surface area contributed by atoms with E-state index in [0.717, 1.165) is 6.61 Å². The van der Waals surface area contributed by atoms with Gasteiger partial charge in [0.15, 0.2) is 0 Å². The molecule has 0 amide bonds. The summed E-state index contributed by atoms with van der Waals surface area (Å²) in [5, 5.41) is 0. The SMILES string of the molecule is CCCCCCCCCCCOC. The first kappa shape index (κ1) is 13.0. The van der Waals surface area contributed by atoms with Crippen LogP contribution in [0.15, 0.2) is 0 Å². The molecular formula is C12H26O. The van der Waals surface area contributed by atoms with Gasteiger partial charge in [0, 0.05) is 13.7 Å². The largest absolute Gasteiger partial charge is 0.385 e. The Morgan fingerprint density at radius 1 is 0.692 bits per heavy atom. The highest BCUT2D eigenvalue weighted by molar-refractivity contribution is 4.46. The van der Waals surface area contributed by atoms with Crippen LogP contribution in [0, 0.1) is 0 Å². The summed E-state index contributed by atoms with van der Waals surface area (Å²) < 4.78 is 5.00. The molecule has 0 radical (unpaired) electrons. The molecule has 0 aliphatic heterocycles. The molecule has 1 nitrogen and oxygen atoms in total. The number of hydrogen-bond donors (Lipinski definition) is 0. The van der Waals surface area contributed by atoms with Crippen LogP contribution in [0.25, 0.3) is 0 Å². The van der Waals surface area contributed by atoms with E-state index >= 15 is 0 Å². The van der Waals surface area contributed by atoms with E-state index in [9.17, 15) is 0 Å². The highest BCUT2D eigenvalue weighted by Gasteiger charge is 1.91. The molecule has 0 aromatic rings. The number of hydrogen-bond acceptors (Lipinski definition) is 1. The molecule has 0 aliphatic carbocycles. The molecule has 0 saturated heterocycles. The molecule has 13 heavy (non-hydrogen) atoms. The van der Waals surface area contributed by atoms with Gasteiger partial charge in [0.2, 0.25) is 0 Å². The normalized spacial score (nSPS) is 10.6. The maximum absolute atomic E-state index is 5.00. The quantitative estimate of drug-likeness (QED) is 0.465. The Labute approximate surface area is 83.9 Å².